The summed E-state index contributed by atoms with van der Waals surface area (Å²) in [5.41, 5.74) is 10.5. The first-order valence-corrected chi connectivity index (χ1v) is 5.81. The number of pyridine rings is 2. The normalized spacial score (nSPS) is 10.7. The van der Waals surface area contributed by atoms with Crippen molar-refractivity contribution in [3.8, 4) is 11.3 Å². The van der Waals surface area contributed by atoms with Crippen LogP contribution in [0.15, 0.2) is 48.8 Å². The molecule has 88 valence electrons. The second kappa shape index (κ2) is 4.11. The third-order valence-corrected chi connectivity index (χ3v) is 2.93. The minimum Gasteiger partial charge on any atom is -0.397 e. The van der Waals surface area contributed by atoms with Gasteiger partial charge >= 0.3 is 0 Å². The Morgan fingerprint density at radius 2 is 1.94 bits per heavy atom. The van der Waals surface area contributed by atoms with Crippen molar-refractivity contribution in [2.45, 2.75) is 6.92 Å². The molecule has 0 amide bonds. The zero-order valence-corrected chi connectivity index (χ0v) is 10.1. The van der Waals surface area contributed by atoms with Crippen molar-refractivity contribution in [3.63, 3.8) is 0 Å². The van der Waals surface area contributed by atoms with Gasteiger partial charge in [0.15, 0.2) is 0 Å². The van der Waals surface area contributed by atoms with Crippen LogP contribution in [0.25, 0.3) is 22.2 Å². The molecule has 3 nitrogen and oxygen atoms in total. The molecule has 2 aromatic heterocycles. The lowest BCUT2D eigenvalue weighted by molar-refractivity contribution is 1.27. The maximum absolute atomic E-state index is 6.01. The molecule has 0 radical (unpaired) electrons. The third kappa shape index (κ3) is 1.80. The number of anilines is 1. The van der Waals surface area contributed by atoms with Gasteiger partial charge in [0.25, 0.3) is 0 Å². The van der Waals surface area contributed by atoms with Gasteiger partial charge in [-0.2, -0.15) is 0 Å². The van der Waals surface area contributed by atoms with Crippen molar-refractivity contribution in [2.24, 2.45) is 0 Å². The zero-order chi connectivity index (χ0) is 12.5. The van der Waals surface area contributed by atoms with E-state index in [1.807, 2.05) is 49.5 Å². The fourth-order valence-corrected chi connectivity index (χ4v) is 2.05. The number of nitrogen functional groups attached to an aromatic ring is 1. The topological polar surface area (TPSA) is 51.8 Å². The summed E-state index contributed by atoms with van der Waals surface area (Å²) in [6.07, 6.45) is 3.62. The van der Waals surface area contributed by atoms with Gasteiger partial charge in [0.05, 0.1) is 16.9 Å². The lowest BCUT2D eigenvalue weighted by atomic mass is 10.1. The molecular formula is C15H13N3. The molecule has 18 heavy (non-hydrogen) atoms. The molecule has 2 N–H and O–H groups in total. The van der Waals surface area contributed by atoms with E-state index in [2.05, 4.69) is 9.97 Å². The number of nitrogens with two attached hydrogens (primary N) is 1. The van der Waals surface area contributed by atoms with E-state index in [-0.39, 0.29) is 0 Å². The van der Waals surface area contributed by atoms with E-state index in [0.717, 1.165) is 27.7 Å². The molecule has 3 heteroatoms. The van der Waals surface area contributed by atoms with Crippen LogP contribution < -0.4 is 5.73 Å². The first kappa shape index (κ1) is 10.7. The van der Waals surface area contributed by atoms with Crippen molar-refractivity contribution >= 4 is 16.6 Å². The van der Waals surface area contributed by atoms with E-state index in [9.17, 15) is 0 Å². The fraction of sp³-hybridized carbons (Fsp3) is 0.0667. The van der Waals surface area contributed by atoms with Gasteiger partial charge in [-0.15, -0.1) is 0 Å². The number of aromatic nitrogens is 2. The van der Waals surface area contributed by atoms with Crippen LogP contribution in [0.5, 0.6) is 0 Å². The highest BCUT2D eigenvalue weighted by atomic mass is 14.7. The molecule has 0 saturated carbocycles. The Bertz CT molecular complexity index is 720. The van der Waals surface area contributed by atoms with Gasteiger partial charge in [-0.05, 0) is 30.7 Å². The van der Waals surface area contributed by atoms with Gasteiger partial charge < -0.3 is 5.73 Å². The van der Waals surface area contributed by atoms with E-state index in [1.54, 1.807) is 6.20 Å². The van der Waals surface area contributed by atoms with Gasteiger partial charge in [-0.25, -0.2) is 0 Å². The van der Waals surface area contributed by atoms with Gasteiger partial charge in [-0.1, -0.05) is 18.2 Å². The molecule has 0 fully saturated rings. The van der Waals surface area contributed by atoms with Crippen LogP contribution in [0, 0.1) is 6.92 Å². The van der Waals surface area contributed by atoms with Gasteiger partial charge in [0.1, 0.15) is 0 Å². The summed E-state index contributed by atoms with van der Waals surface area (Å²) in [6.45, 7) is 1.98. The Morgan fingerprint density at radius 1 is 1.06 bits per heavy atom. The van der Waals surface area contributed by atoms with E-state index in [4.69, 9.17) is 5.73 Å². The van der Waals surface area contributed by atoms with E-state index in [1.165, 1.54) is 0 Å². The molecule has 0 spiro atoms. The van der Waals surface area contributed by atoms with E-state index >= 15 is 0 Å². The predicted octanol–water partition coefficient (Wildman–Crippen LogP) is 3.19. The Hall–Kier alpha value is -2.42. The van der Waals surface area contributed by atoms with Crippen molar-refractivity contribution in [1.29, 1.82) is 0 Å². The van der Waals surface area contributed by atoms with Crippen LogP contribution in [0.1, 0.15) is 5.56 Å². The molecule has 2 heterocycles. The zero-order valence-electron chi connectivity index (χ0n) is 10.1. The number of hydrogen-bond donors (Lipinski definition) is 1. The molecule has 0 aliphatic heterocycles. The van der Waals surface area contributed by atoms with Crippen LogP contribution in [-0.4, -0.2) is 9.97 Å². The maximum Gasteiger partial charge on any atom is 0.0932 e. The summed E-state index contributed by atoms with van der Waals surface area (Å²) in [5.74, 6) is 0. The van der Waals surface area contributed by atoms with Crippen molar-refractivity contribution in [3.05, 3.63) is 54.4 Å². The summed E-state index contributed by atoms with van der Waals surface area (Å²) in [4.78, 5) is 8.75. The number of aryl methyl sites for hydroxylation is 1. The van der Waals surface area contributed by atoms with Gasteiger partial charge in [0, 0.05) is 23.3 Å². The Kier molecular flexibility index (Phi) is 2.45. The molecule has 0 saturated heterocycles. The van der Waals surface area contributed by atoms with Crippen LogP contribution in [0.3, 0.4) is 0 Å². The average Bonchev–Trinajstić information content (AvgIpc) is 2.38. The number of nitrogens with zero attached hydrogens (tertiary/aromatic N) is 2. The van der Waals surface area contributed by atoms with Crippen molar-refractivity contribution in [1.82, 2.24) is 9.97 Å². The summed E-state index contributed by atoms with van der Waals surface area (Å²) in [7, 11) is 0. The number of hydrogen-bond acceptors (Lipinski definition) is 3. The van der Waals surface area contributed by atoms with Crippen LogP contribution in [0.2, 0.25) is 0 Å². The standard InChI is InChI=1S/C15H13N3/c1-10-7-13(16)15(18-9-10)12-5-4-11-3-2-6-17-14(11)8-12/h2-9H,16H2,1H3. The quantitative estimate of drug-likeness (QED) is 0.704. The Labute approximate surface area is 105 Å². The first-order chi connectivity index (χ1) is 8.74. The Balaban J connectivity index is 2.19. The summed E-state index contributed by atoms with van der Waals surface area (Å²) < 4.78 is 0. The fourth-order valence-electron chi connectivity index (χ4n) is 2.05. The minimum atomic E-state index is 0.699. The van der Waals surface area contributed by atoms with Gasteiger partial charge in [0.2, 0.25) is 0 Å². The van der Waals surface area contributed by atoms with Crippen molar-refractivity contribution in [2.75, 3.05) is 5.73 Å². The highest BCUT2D eigenvalue weighted by Crippen LogP contribution is 2.26. The molecule has 3 rings (SSSR count). The minimum absolute atomic E-state index is 0.699. The third-order valence-electron chi connectivity index (χ3n) is 2.93. The molecule has 0 aliphatic rings. The van der Waals surface area contributed by atoms with Crippen LogP contribution in [-0.2, 0) is 0 Å². The molecule has 0 unspecified atom stereocenters. The summed E-state index contributed by atoms with van der Waals surface area (Å²) in [5, 5.41) is 1.12. The Morgan fingerprint density at radius 3 is 2.78 bits per heavy atom. The number of fused-ring (bicyclic) bond motifs is 1. The van der Waals surface area contributed by atoms with Gasteiger partial charge in [-0.3, -0.25) is 9.97 Å². The molecule has 1 aromatic carbocycles. The predicted molar refractivity (Wildman–Crippen MR) is 74.1 cm³/mol. The highest BCUT2D eigenvalue weighted by molar-refractivity contribution is 5.85. The molecular weight excluding hydrogens is 222 g/mol. The second-order valence-electron chi connectivity index (χ2n) is 4.36. The average molecular weight is 235 g/mol. The lowest BCUT2D eigenvalue weighted by Gasteiger charge is -2.06. The summed E-state index contributed by atoms with van der Waals surface area (Å²) >= 11 is 0. The SMILES string of the molecule is Cc1cnc(-c2ccc3cccnc3c2)c(N)c1. The monoisotopic (exact) mass is 235 g/mol. The molecule has 0 aliphatic carbocycles. The van der Waals surface area contributed by atoms with Crippen molar-refractivity contribution < 1.29 is 0 Å². The number of benzene rings is 1. The molecule has 0 bridgehead atoms. The maximum atomic E-state index is 6.01. The molecule has 3 aromatic rings. The largest absolute Gasteiger partial charge is 0.397 e. The van der Waals surface area contributed by atoms with E-state index in [0.29, 0.717) is 5.69 Å². The van der Waals surface area contributed by atoms with E-state index < -0.39 is 0 Å². The van der Waals surface area contributed by atoms with Crippen LogP contribution in [0.4, 0.5) is 5.69 Å². The second-order valence-corrected chi connectivity index (χ2v) is 4.36. The van der Waals surface area contributed by atoms with Crippen LogP contribution >= 0.6 is 0 Å². The first-order valence-electron chi connectivity index (χ1n) is 5.81. The summed E-state index contributed by atoms with van der Waals surface area (Å²) in [6, 6.07) is 12.0. The smallest absolute Gasteiger partial charge is 0.0932 e. The highest BCUT2D eigenvalue weighted by Gasteiger charge is 2.05. The lowest BCUT2D eigenvalue weighted by Crippen LogP contribution is -1.94. The molecule has 0 atom stereocenters. The number of rotatable bonds is 1.